The molecule has 28 heavy (non-hydrogen) atoms. The highest BCUT2D eigenvalue weighted by Gasteiger charge is 2.22. The van der Waals surface area contributed by atoms with E-state index in [1.807, 2.05) is 0 Å². The van der Waals surface area contributed by atoms with Crippen molar-refractivity contribution >= 4 is 37.9 Å². The van der Waals surface area contributed by atoms with Crippen molar-refractivity contribution in [1.82, 2.24) is 4.98 Å². The summed E-state index contributed by atoms with van der Waals surface area (Å²) < 4.78 is 30.2. The quantitative estimate of drug-likeness (QED) is 0.480. The Labute approximate surface area is 163 Å². The first-order valence-corrected chi connectivity index (χ1v) is 10.0. The van der Waals surface area contributed by atoms with Gasteiger partial charge in [0.2, 0.25) is 9.84 Å². The highest BCUT2D eigenvalue weighted by Crippen LogP contribution is 2.29. The molecular formula is C17H13N3O6S2. The number of amides is 1. The lowest BCUT2D eigenvalue weighted by Gasteiger charge is -2.04. The molecule has 0 saturated carbocycles. The third-order valence-electron chi connectivity index (χ3n) is 3.66. The molecular weight excluding hydrogens is 406 g/mol. The molecule has 3 aromatic rings. The predicted molar refractivity (Wildman–Crippen MR) is 102 cm³/mol. The number of nitro groups is 1. The fraction of sp³-hybridized carbons (Fsp3) is 0.0588. The highest BCUT2D eigenvalue weighted by molar-refractivity contribution is 7.93. The van der Waals surface area contributed by atoms with E-state index in [2.05, 4.69) is 10.3 Å². The fourth-order valence-corrected chi connectivity index (χ4v) is 4.67. The minimum absolute atomic E-state index is 0.0951. The number of hydrogen-bond donors (Lipinski definition) is 1. The van der Waals surface area contributed by atoms with E-state index in [9.17, 15) is 23.3 Å². The van der Waals surface area contributed by atoms with Gasteiger partial charge in [-0.3, -0.25) is 20.2 Å². The van der Waals surface area contributed by atoms with E-state index in [-0.39, 0.29) is 19.9 Å². The van der Waals surface area contributed by atoms with Crippen LogP contribution < -0.4 is 10.1 Å². The van der Waals surface area contributed by atoms with Gasteiger partial charge in [0.25, 0.3) is 11.6 Å². The van der Waals surface area contributed by atoms with Crippen LogP contribution in [0, 0.1) is 10.1 Å². The monoisotopic (exact) mass is 419 g/mol. The maximum atomic E-state index is 12.6. The van der Waals surface area contributed by atoms with Crippen LogP contribution in [0.1, 0.15) is 10.4 Å². The third kappa shape index (κ3) is 4.00. The lowest BCUT2D eigenvalue weighted by Crippen LogP contribution is -2.11. The minimum Gasteiger partial charge on any atom is -0.497 e. The number of aromatic nitrogens is 1. The number of benzene rings is 2. The number of thiazole rings is 1. The molecule has 0 atom stereocenters. The van der Waals surface area contributed by atoms with Gasteiger partial charge in [-0.1, -0.05) is 17.4 Å². The van der Waals surface area contributed by atoms with Crippen LogP contribution in [0.4, 0.5) is 10.8 Å². The van der Waals surface area contributed by atoms with Gasteiger partial charge in [-0.25, -0.2) is 13.4 Å². The van der Waals surface area contributed by atoms with E-state index in [1.165, 1.54) is 13.2 Å². The van der Waals surface area contributed by atoms with E-state index >= 15 is 0 Å². The van der Waals surface area contributed by atoms with E-state index in [4.69, 9.17) is 4.74 Å². The number of nitro benzene ring substituents is 1. The molecule has 0 aliphatic rings. The van der Waals surface area contributed by atoms with Crippen LogP contribution in [0.2, 0.25) is 0 Å². The summed E-state index contributed by atoms with van der Waals surface area (Å²) in [5.74, 6) is 0.0424. The SMILES string of the molecule is COc1cccc(C(=O)Nc2ncc(S(=O)(=O)c3ccc([N+](=O)[O-])cc3)s2)c1. The topological polar surface area (TPSA) is 128 Å². The Balaban J connectivity index is 1.80. The second-order valence-electron chi connectivity index (χ2n) is 5.42. The molecule has 0 bridgehead atoms. The number of rotatable bonds is 6. The van der Waals surface area contributed by atoms with Gasteiger partial charge >= 0.3 is 0 Å². The lowest BCUT2D eigenvalue weighted by molar-refractivity contribution is -0.384. The number of anilines is 1. The Hall–Kier alpha value is -3.31. The van der Waals surface area contributed by atoms with Crippen LogP contribution in [0.15, 0.2) is 63.8 Å². The van der Waals surface area contributed by atoms with Crippen LogP contribution in [0.5, 0.6) is 5.75 Å². The van der Waals surface area contributed by atoms with Crippen LogP contribution in [-0.2, 0) is 9.84 Å². The minimum atomic E-state index is -3.91. The summed E-state index contributed by atoms with van der Waals surface area (Å²) in [7, 11) is -2.43. The van der Waals surface area contributed by atoms with E-state index < -0.39 is 20.7 Å². The summed E-state index contributed by atoms with van der Waals surface area (Å²) in [5.41, 5.74) is 0.115. The summed E-state index contributed by atoms with van der Waals surface area (Å²) in [4.78, 5) is 26.2. The van der Waals surface area contributed by atoms with E-state index in [0.717, 1.165) is 41.8 Å². The summed E-state index contributed by atoms with van der Waals surface area (Å²) >= 11 is 0.782. The Bertz CT molecular complexity index is 1140. The maximum Gasteiger partial charge on any atom is 0.269 e. The number of ether oxygens (including phenoxy) is 1. The summed E-state index contributed by atoms with van der Waals surface area (Å²) in [5, 5.41) is 13.3. The molecule has 2 aromatic carbocycles. The van der Waals surface area contributed by atoms with Gasteiger partial charge in [0.15, 0.2) is 5.13 Å². The zero-order valence-electron chi connectivity index (χ0n) is 14.4. The second kappa shape index (κ2) is 7.74. The smallest absolute Gasteiger partial charge is 0.269 e. The standard InChI is InChI=1S/C17H13N3O6S2/c1-26-13-4-2-3-11(9-13)16(21)19-17-18-10-15(27-17)28(24,25)14-7-5-12(6-8-14)20(22)23/h2-10H,1H3,(H,18,19,21). The van der Waals surface area contributed by atoms with Gasteiger partial charge in [0.1, 0.15) is 9.96 Å². The molecule has 1 N–H and O–H groups in total. The lowest BCUT2D eigenvalue weighted by atomic mass is 10.2. The van der Waals surface area contributed by atoms with Crippen molar-refractivity contribution in [2.45, 2.75) is 9.10 Å². The molecule has 0 radical (unpaired) electrons. The van der Waals surface area contributed by atoms with Crippen molar-refractivity contribution in [2.24, 2.45) is 0 Å². The number of sulfone groups is 1. The average molecular weight is 419 g/mol. The number of non-ortho nitro benzene ring substituents is 1. The first kappa shape index (κ1) is 19.5. The summed E-state index contributed by atoms with van der Waals surface area (Å²) in [6.07, 6.45) is 1.13. The van der Waals surface area contributed by atoms with Gasteiger partial charge in [-0.05, 0) is 30.3 Å². The molecule has 1 amide bonds. The zero-order chi connectivity index (χ0) is 20.3. The molecule has 9 nitrogen and oxygen atoms in total. The number of methoxy groups -OCH3 is 1. The highest BCUT2D eigenvalue weighted by atomic mass is 32.2. The third-order valence-corrected chi connectivity index (χ3v) is 6.80. The van der Waals surface area contributed by atoms with Crippen molar-refractivity contribution in [3.8, 4) is 5.75 Å². The second-order valence-corrected chi connectivity index (χ2v) is 8.63. The van der Waals surface area contributed by atoms with Crippen LogP contribution in [0.3, 0.4) is 0 Å². The van der Waals surface area contributed by atoms with Gasteiger partial charge in [0.05, 0.1) is 23.1 Å². The number of nitrogens with zero attached hydrogens (tertiary/aromatic N) is 2. The molecule has 0 saturated heterocycles. The molecule has 11 heteroatoms. The summed E-state index contributed by atoms with van der Waals surface area (Å²) in [6.45, 7) is 0. The molecule has 1 aromatic heterocycles. The van der Waals surface area contributed by atoms with Crippen molar-refractivity contribution in [2.75, 3.05) is 12.4 Å². The summed E-state index contributed by atoms with van der Waals surface area (Å²) in [6, 6.07) is 11.0. The van der Waals surface area contributed by atoms with Crippen LogP contribution in [-0.4, -0.2) is 31.3 Å². The van der Waals surface area contributed by atoms with Gasteiger partial charge in [-0.15, -0.1) is 0 Å². The van der Waals surface area contributed by atoms with Gasteiger partial charge in [0, 0.05) is 17.7 Å². The number of hydrogen-bond acceptors (Lipinski definition) is 8. The zero-order valence-corrected chi connectivity index (χ0v) is 16.0. The normalized spacial score (nSPS) is 11.0. The Morgan fingerprint density at radius 3 is 2.57 bits per heavy atom. The van der Waals surface area contributed by atoms with Crippen LogP contribution in [0.25, 0.3) is 0 Å². The molecule has 0 aliphatic carbocycles. The Morgan fingerprint density at radius 2 is 1.93 bits per heavy atom. The predicted octanol–water partition coefficient (Wildman–Crippen LogP) is 3.15. The van der Waals surface area contributed by atoms with Crippen LogP contribution >= 0.6 is 11.3 Å². The van der Waals surface area contributed by atoms with Crippen molar-refractivity contribution in [1.29, 1.82) is 0 Å². The largest absolute Gasteiger partial charge is 0.497 e. The molecule has 144 valence electrons. The molecule has 3 rings (SSSR count). The molecule has 0 unspecified atom stereocenters. The van der Waals surface area contributed by atoms with Crippen molar-refractivity contribution < 1.29 is 22.9 Å². The number of nitrogens with one attached hydrogen (secondary N) is 1. The van der Waals surface area contributed by atoms with Crippen molar-refractivity contribution in [3.63, 3.8) is 0 Å². The van der Waals surface area contributed by atoms with Crippen molar-refractivity contribution in [3.05, 3.63) is 70.4 Å². The first-order chi connectivity index (χ1) is 13.3. The Morgan fingerprint density at radius 1 is 1.21 bits per heavy atom. The average Bonchev–Trinajstić information content (AvgIpc) is 3.17. The molecule has 1 heterocycles. The number of carbonyl (C=O) groups excluding carboxylic acids is 1. The molecule has 0 aliphatic heterocycles. The van der Waals surface area contributed by atoms with E-state index in [1.54, 1.807) is 18.2 Å². The maximum absolute atomic E-state index is 12.6. The van der Waals surface area contributed by atoms with E-state index in [0.29, 0.717) is 11.3 Å². The molecule has 0 fully saturated rings. The fourth-order valence-electron chi connectivity index (χ4n) is 2.24. The number of carbonyl (C=O) groups is 1. The van der Waals surface area contributed by atoms with Gasteiger partial charge < -0.3 is 4.74 Å². The first-order valence-electron chi connectivity index (χ1n) is 7.72. The Kier molecular flexibility index (Phi) is 5.38. The molecule has 0 spiro atoms. The van der Waals surface area contributed by atoms with Gasteiger partial charge in [-0.2, -0.15) is 0 Å².